The highest BCUT2D eigenvalue weighted by Crippen LogP contribution is 2.41. The molecule has 4 rings (SSSR count). The Labute approximate surface area is 207 Å². The third-order valence-electron chi connectivity index (χ3n) is 6.37. The number of amides is 1. The van der Waals surface area contributed by atoms with Gasteiger partial charge in [-0.3, -0.25) is 4.79 Å². The van der Waals surface area contributed by atoms with Crippen LogP contribution in [0, 0.1) is 0 Å². The minimum absolute atomic E-state index is 0.0428. The van der Waals surface area contributed by atoms with E-state index in [9.17, 15) is 9.59 Å². The van der Waals surface area contributed by atoms with Crippen LogP contribution in [0.1, 0.15) is 66.9 Å². The first-order valence-electron chi connectivity index (χ1n) is 12.2. The lowest BCUT2D eigenvalue weighted by Gasteiger charge is -2.20. The number of carbonyl (C=O) groups excluding carboxylic acids is 2. The Hall–Kier alpha value is -3.60. The van der Waals surface area contributed by atoms with Crippen LogP contribution in [-0.2, 0) is 11.3 Å². The fourth-order valence-electron chi connectivity index (χ4n) is 4.05. The molecule has 35 heavy (non-hydrogen) atoms. The fourth-order valence-corrected chi connectivity index (χ4v) is 4.05. The topological polar surface area (TPSA) is 59.8 Å². The van der Waals surface area contributed by atoms with E-state index in [1.165, 1.54) is 18.4 Å². The monoisotopic (exact) mass is 471 g/mol. The quantitative estimate of drug-likeness (QED) is 0.289. The number of rotatable bonds is 11. The summed E-state index contributed by atoms with van der Waals surface area (Å²) in [6, 6.07) is 17.6. The van der Waals surface area contributed by atoms with Crippen LogP contribution in [0.5, 0.6) is 5.75 Å². The molecule has 2 aromatic carbocycles. The average Bonchev–Trinajstić information content (AvgIpc) is 3.56. The van der Waals surface area contributed by atoms with Crippen molar-refractivity contribution in [3.8, 4) is 17.1 Å². The number of carbonyl (C=O) groups is 2. The molecule has 0 atom stereocenters. The summed E-state index contributed by atoms with van der Waals surface area (Å²) in [7, 11) is 1.82. The van der Waals surface area contributed by atoms with Gasteiger partial charge in [0.2, 0.25) is 0 Å². The van der Waals surface area contributed by atoms with Crippen molar-refractivity contribution in [3.63, 3.8) is 0 Å². The molecule has 1 heterocycles. The molecule has 0 saturated heterocycles. The van der Waals surface area contributed by atoms with Crippen molar-refractivity contribution < 1.29 is 18.7 Å². The molecule has 1 fully saturated rings. The van der Waals surface area contributed by atoms with E-state index in [1.54, 1.807) is 18.1 Å². The smallest absolute Gasteiger partial charge is 0.253 e. The first-order chi connectivity index (χ1) is 16.9. The molecule has 1 saturated carbocycles. The minimum Gasteiger partial charge on any atom is -0.489 e. The van der Waals surface area contributed by atoms with Gasteiger partial charge in [-0.2, -0.15) is 0 Å². The van der Waals surface area contributed by atoms with Crippen LogP contribution in [0.2, 0.25) is 0 Å². The van der Waals surface area contributed by atoms with E-state index in [0.717, 1.165) is 34.6 Å². The van der Waals surface area contributed by atoms with Crippen LogP contribution in [0.4, 0.5) is 0 Å². The van der Waals surface area contributed by atoms with Gasteiger partial charge in [-0.25, -0.2) is 0 Å². The lowest BCUT2D eigenvalue weighted by molar-refractivity contribution is -0.116. The number of hydrogen-bond donors (Lipinski definition) is 0. The molecule has 0 aliphatic heterocycles. The van der Waals surface area contributed by atoms with E-state index in [0.29, 0.717) is 31.1 Å². The summed E-state index contributed by atoms with van der Waals surface area (Å²) in [5.74, 6) is 2.34. The number of nitrogens with zero attached hydrogens (tertiary/aromatic N) is 1. The van der Waals surface area contributed by atoms with E-state index < -0.39 is 0 Å². The van der Waals surface area contributed by atoms with E-state index in [2.05, 4.69) is 12.1 Å². The van der Waals surface area contributed by atoms with Crippen molar-refractivity contribution in [2.45, 2.75) is 52.0 Å². The van der Waals surface area contributed by atoms with Gasteiger partial charge in [-0.15, -0.1) is 0 Å². The Kier molecular flexibility index (Phi) is 7.86. The maximum absolute atomic E-state index is 13.1. The molecule has 1 aromatic heterocycles. The molecule has 1 aliphatic rings. The summed E-state index contributed by atoms with van der Waals surface area (Å²) < 4.78 is 11.5. The minimum atomic E-state index is -0.0428. The number of hydrogen-bond acceptors (Lipinski definition) is 4. The molecule has 0 N–H and O–H groups in total. The second-order valence-electron chi connectivity index (χ2n) is 9.42. The van der Waals surface area contributed by atoms with Gasteiger partial charge in [-0.1, -0.05) is 29.8 Å². The van der Waals surface area contributed by atoms with Crippen LogP contribution in [0.25, 0.3) is 11.3 Å². The molecule has 5 nitrogen and oxygen atoms in total. The molecular formula is C30H33NO4. The Morgan fingerprint density at radius 1 is 1.06 bits per heavy atom. The van der Waals surface area contributed by atoms with Crippen molar-refractivity contribution >= 4 is 11.7 Å². The first-order valence-corrected chi connectivity index (χ1v) is 12.2. The van der Waals surface area contributed by atoms with Gasteiger partial charge in [0.15, 0.2) is 0 Å². The number of ketones is 1. The molecule has 1 aliphatic carbocycles. The van der Waals surface area contributed by atoms with E-state index in [4.69, 9.17) is 9.15 Å². The Bertz CT molecular complexity index is 1190. The Balaban J connectivity index is 1.44. The summed E-state index contributed by atoms with van der Waals surface area (Å²) in [6.45, 7) is 4.53. The second-order valence-corrected chi connectivity index (χ2v) is 9.42. The zero-order valence-electron chi connectivity index (χ0n) is 20.8. The molecule has 1 amide bonds. The number of allylic oxidation sites excluding steroid dienone is 1. The fraction of sp³-hybridized carbons (Fsp3) is 0.333. The Morgan fingerprint density at radius 3 is 2.49 bits per heavy atom. The van der Waals surface area contributed by atoms with E-state index in [1.807, 2.05) is 62.5 Å². The zero-order chi connectivity index (χ0) is 24.8. The molecule has 5 heteroatoms. The van der Waals surface area contributed by atoms with Crippen LogP contribution in [0.3, 0.4) is 0 Å². The standard InChI is InChI=1S/C30H33NO4/c1-21(6-7-22(2)32)16-18-35-29-15-14-26(23-8-9-23)19-27(29)20-31(3)30(33)25-12-10-24(11-13-25)28-5-4-17-34-28/h4-5,10-17,19,23H,6-9,18,20H2,1-3H3/b21-16+. The largest absolute Gasteiger partial charge is 0.489 e. The van der Waals surface area contributed by atoms with Gasteiger partial charge in [-0.05, 0) is 81.0 Å². The normalized spacial score (nSPS) is 13.5. The van der Waals surface area contributed by atoms with Crippen LogP contribution >= 0.6 is 0 Å². The van der Waals surface area contributed by atoms with E-state index >= 15 is 0 Å². The summed E-state index contributed by atoms with van der Waals surface area (Å²) in [4.78, 5) is 26.1. The molecule has 0 radical (unpaired) electrons. The van der Waals surface area contributed by atoms with Gasteiger partial charge in [0.25, 0.3) is 5.91 Å². The molecule has 3 aromatic rings. The van der Waals surface area contributed by atoms with Crippen molar-refractivity contribution in [1.82, 2.24) is 4.90 Å². The lowest BCUT2D eigenvalue weighted by Crippen LogP contribution is -2.26. The highest BCUT2D eigenvalue weighted by molar-refractivity contribution is 5.94. The number of benzene rings is 2. The van der Waals surface area contributed by atoms with Crippen LogP contribution in [-0.4, -0.2) is 30.2 Å². The van der Waals surface area contributed by atoms with Crippen molar-refractivity contribution in [3.05, 3.63) is 89.2 Å². The van der Waals surface area contributed by atoms with Gasteiger partial charge >= 0.3 is 0 Å². The third kappa shape index (κ3) is 6.72. The first kappa shape index (κ1) is 24.5. The van der Waals surface area contributed by atoms with Gasteiger partial charge in [0.05, 0.1) is 6.26 Å². The van der Waals surface area contributed by atoms with Crippen LogP contribution in [0.15, 0.2) is 76.9 Å². The Morgan fingerprint density at radius 2 is 1.83 bits per heavy atom. The summed E-state index contributed by atoms with van der Waals surface area (Å²) in [5, 5.41) is 0. The average molecular weight is 472 g/mol. The summed E-state index contributed by atoms with van der Waals surface area (Å²) in [6.07, 6.45) is 7.40. The maximum atomic E-state index is 13.1. The maximum Gasteiger partial charge on any atom is 0.253 e. The number of furan rings is 1. The van der Waals surface area contributed by atoms with Crippen LogP contribution < -0.4 is 4.74 Å². The lowest BCUT2D eigenvalue weighted by atomic mass is 10.0. The SMILES string of the molecule is CC(=O)CC/C(C)=C/COc1ccc(C2CC2)cc1CN(C)C(=O)c1ccc(-c2ccco2)cc1. The van der Waals surface area contributed by atoms with Gasteiger partial charge < -0.3 is 18.8 Å². The number of ether oxygens (including phenoxy) is 1. The van der Waals surface area contributed by atoms with Crippen molar-refractivity contribution in [1.29, 1.82) is 0 Å². The second kappa shape index (κ2) is 11.2. The van der Waals surface area contributed by atoms with Gasteiger partial charge in [0.1, 0.15) is 23.9 Å². The summed E-state index contributed by atoms with van der Waals surface area (Å²) in [5.41, 5.74) is 5.03. The molecular weight excluding hydrogens is 438 g/mol. The molecule has 0 bridgehead atoms. The third-order valence-corrected chi connectivity index (χ3v) is 6.37. The van der Waals surface area contributed by atoms with E-state index in [-0.39, 0.29) is 11.7 Å². The molecule has 0 spiro atoms. The summed E-state index contributed by atoms with van der Waals surface area (Å²) >= 11 is 0. The zero-order valence-corrected chi connectivity index (χ0v) is 20.8. The van der Waals surface area contributed by atoms with Crippen molar-refractivity contribution in [2.75, 3.05) is 13.7 Å². The number of Topliss-reactive ketones (excluding diaryl/α,β-unsaturated/α-hetero) is 1. The predicted molar refractivity (Wildman–Crippen MR) is 138 cm³/mol. The van der Waals surface area contributed by atoms with Gasteiger partial charge in [0, 0.05) is 36.7 Å². The molecule has 0 unspecified atom stereocenters. The highest BCUT2D eigenvalue weighted by Gasteiger charge is 2.25. The highest BCUT2D eigenvalue weighted by atomic mass is 16.5. The predicted octanol–water partition coefficient (Wildman–Crippen LogP) is 6.79. The van der Waals surface area contributed by atoms with Crippen molar-refractivity contribution in [2.24, 2.45) is 0 Å². The molecule has 182 valence electrons.